The van der Waals surface area contributed by atoms with E-state index in [1.165, 1.54) is 0 Å². The molecule has 0 radical (unpaired) electrons. The number of allylic oxidation sites excluding steroid dienone is 2. The van der Waals surface area contributed by atoms with E-state index >= 15 is 0 Å². The minimum atomic E-state index is -1.17. The van der Waals surface area contributed by atoms with E-state index in [0.29, 0.717) is 25.5 Å². The fourth-order valence-corrected chi connectivity index (χ4v) is 1.76. The van der Waals surface area contributed by atoms with Crippen LogP contribution < -0.4 is 0 Å². The standard InChI is InChI=1S/C12H17FN2O/c1-12(13)5-3-9(4-6-12)11(14)10(8-16)7-15-2/h3,8,10,14H,2,4-7H2,1H3. The number of nitrogens with zero attached hydrogens (tertiary/aromatic N) is 1. The molecule has 4 heteroatoms. The molecule has 88 valence electrons. The second-order valence-electron chi connectivity index (χ2n) is 4.41. The molecule has 0 aromatic heterocycles. The number of rotatable bonds is 5. The number of carbonyl (C=O) groups excluding carboxylic acids is 1. The van der Waals surface area contributed by atoms with Crippen LogP contribution in [0.15, 0.2) is 16.6 Å². The predicted octanol–water partition coefficient (Wildman–Crippen LogP) is 2.36. The molecule has 0 spiro atoms. The van der Waals surface area contributed by atoms with Gasteiger partial charge in [-0.15, -0.1) is 0 Å². The van der Waals surface area contributed by atoms with Crippen LogP contribution in [0.4, 0.5) is 4.39 Å². The Balaban J connectivity index is 2.71. The van der Waals surface area contributed by atoms with Gasteiger partial charge in [0.25, 0.3) is 0 Å². The van der Waals surface area contributed by atoms with Crippen LogP contribution in [0.1, 0.15) is 26.2 Å². The fraction of sp³-hybridized carbons (Fsp3) is 0.583. The summed E-state index contributed by atoms with van der Waals surface area (Å²) in [5.74, 6) is -0.535. The summed E-state index contributed by atoms with van der Waals surface area (Å²) >= 11 is 0. The molecule has 0 aliphatic heterocycles. The van der Waals surface area contributed by atoms with Gasteiger partial charge in [-0.3, -0.25) is 4.99 Å². The number of aliphatic imine (C=N–C) groups is 1. The average Bonchev–Trinajstić information content (AvgIpc) is 2.25. The Labute approximate surface area is 95.0 Å². The van der Waals surface area contributed by atoms with Gasteiger partial charge in [0, 0.05) is 5.71 Å². The molecule has 1 aliphatic carbocycles. The first-order valence-electron chi connectivity index (χ1n) is 5.34. The van der Waals surface area contributed by atoms with Crippen molar-refractivity contribution in [2.75, 3.05) is 6.54 Å². The number of carbonyl (C=O) groups is 1. The van der Waals surface area contributed by atoms with Crippen LogP contribution in [0.5, 0.6) is 0 Å². The summed E-state index contributed by atoms with van der Waals surface area (Å²) in [6, 6.07) is 0. The van der Waals surface area contributed by atoms with Gasteiger partial charge in [-0.2, -0.15) is 0 Å². The first-order valence-corrected chi connectivity index (χ1v) is 5.34. The van der Waals surface area contributed by atoms with Gasteiger partial charge in [0.05, 0.1) is 12.5 Å². The zero-order valence-corrected chi connectivity index (χ0v) is 9.50. The molecule has 0 aromatic carbocycles. The third kappa shape index (κ3) is 3.08. The van der Waals surface area contributed by atoms with Crippen molar-refractivity contribution in [3.05, 3.63) is 11.6 Å². The Morgan fingerprint density at radius 2 is 2.56 bits per heavy atom. The van der Waals surface area contributed by atoms with Gasteiger partial charge in [0.2, 0.25) is 0 Å². The second kappa shape index (κ2) is 5.14. The second-order valence-corrected chi connectivity index (χ2v) is 4.41. The zero-order valence-electron chi connectivity index (χ0n) is 9.50. The fourth-order valence-electron chi connectivity index (χ4n) is 1.76. The Kier molecular flexibility index (Phi) is 4.10. The highest BCUT2D eigenvalue weighted by Crippen LogP contribution is 2.31. The zero-order chi connectivity index (χ0) is 12.2. The normalized spacial score (nSPS) is 26.8. The summed E-state index contributed by atoms with van der Waals surface area (Å²) in [6.07, 6.45) is 3.69. The van der Waals surface area contributed by atoms with Crippen LogP contribution in [-0.4, -0.2) is 30.9 Å². The third-order valence-corrected chi connectivity index (χ3v) is 2.90. The molecule has 0 saturated heterocycles. The molecule has 1 rings (SSSR count). The van der Waals surface area contributed by atoms with E-state index in [1.54, 1.807) is 13.0 Å². The Bertz CT molecular complexity index is 334. The van der Waals surface area contributed by atoms with Crippen molar-refractivity contribution in [2.45, 2.75) is 31.9 Å². The van der Waals surface area contributed by atoms with Crippen molar-refractivity contribution in [2.24, 2.45) is 10.9 Å². The van der Waals surface area contributed by atoms with E-state index in [2.05, 4.69) is 11.7 Å². The van der Waals surface area contributed by atoms with Crippen molar-refractivity contribution >= 4 is 18.7 Å². The number of halogens is 1. The van der Waals surface area contributed by atoms with Crippen LogP contribution in [0.2, 0.25) is 0 Å². The lowest BCUT2D eigenvalue weighted by Gasteiger charge is -2.26. The van der Waals surface area contributed by atoms with Crippen molar-refractivity contribution in [3.63, 3.8) is 0 Å². The monoisotopic (exact) mass is 224 g/mol. The van der Waals surface area contributed by atoms with Gasteiger partial charge in [-0.05, 0) is 38.5 Å². The van der Waals surface area contributed by atoms with Crippen molar-refractivity contribution in [1.82, 2.24) is 0 Å². The molecule has 2 unspecified atom stereocenters. The van der Waals surface area contributed by atoms with Crippen LogP contribution in [0.25, 0.3) is 0 Å². The van der Waals surface area contributed by atoms with Gasteiger partial charge >= 0.3 is 0 Å². The number of hydrogen-bond donors (Lipinski definition) is 1. The van der Waals surface area contributed by atoms with Crippen molar-refractivity contribution in [1.29, 1.82) is 5.41 Å². The lowest BCUT2D eigenvalue weighted by atomic mass is 9.84. The molecule has 0 amide bonds. The summed E-state index contributed by atoms with van der Waals surface area (Å²) in [4.78, 5) is 14.4. The molecular formula is C12H17FN2O. The lowest BCUT2D eigenvalue weighted by molar-refractivity contribution is -0.109. The molecule has 0 fully saturated rings. The first kappa shape index (κ1) is 12.7. The quantitative estimate of drug-likeness (QED) is 0.565. The molecule has 1 N–H and O–H groups in total. The van der Waals surface area contributed by atoms with E-state index in [4.69, 9.17) is 5.41 Å². The minimum absolute atomic E-state index is 0.229. The molecule has 0 saturated carbocycles. The maximum Gasteiger partial charge on any atom is 0.130 e. The van der Waals surface area contributed by atoms with Crippen molar-refractivity contribution in [3.8, 4) is 0 Å². The van der Waals surface area contributed by atoms with E-state index in [-0.39, 0.29) is 12.3 Å². The summed E-state index contributed by atoms with van der Waals surface area (Å²) in [6.45, 7) is 5.10. The molecule has 0 heterocycles. The van der Waals surface area contributed by atoms with E-state index in [1.807, 2.05) is 0 Å². The largest absolute Gasteiger partial charge is 0.304 e. The van der Waals surface area contributed by atoms with E-state index < -0.39 is 11.6 Å². The highest BCUT2D eigenvalue weighted by Gasteiger charge is 2.28. The molecule has 1 aliphatic rings. The molecule has 2 atom stereocenters. The topological polar surface area (TPSA) is 53.3 Å². The van der Waals surface area contributed by atoms with Crippen LogP contribution >= 0.6 is 0 Å². The Hall–Kier alpha value is -1.32. The van der Waals surface area contributed by atoms with Gasteiger partial charge in [-0.1, -0.05) is 6.08 Å². The summed E-state index contributed by atoms with van der Waals surface area (Å²) in [7, 11) is 0. The number of nitrogens with one attached hydrogen (secondary N) is 1. The van der Waals surface area contributed by atoms with Crippen LogP contribution in [0.3, 0.4) is 0 Å². The molecular weight excluding hydrogens is 207 g/mol. The maximum atomic E-state index is 13.5. The highest BCUT2D eigenvalue weighted by molar-refractivity contribution is 6.07. The van der Waals surface area contributed by atoms with E-state index in [0.717, 1.165) is 5.57 Å². The average molecular weight is 224 g/mol. The van der Waals surface area contributed by atoms with Crippen LogP contribution in [-0.2, 0) is 4.79 Å². The van der Waals surface area contributed by atoms with Gasteiger partial charge < -0.3 is 10.2 Å². The summed E-state index contributed by atoms with van der Waals surface area (Å²) in [5, 5.41) is 7.86. The van der Waals surface area contributed by atoms with E-state index in [9.17, 15) is 9.18 Å². The van der Waals surface area contributed by atoms with Gasteiger partial charge in [0.15, 0.2) is 0 Å². The molecule has 16 heavy (non-hydrogen) atoms. The third-order valence-electron chi connectivity index (χ3n) is 2.90. The van der Waals surface area contributed by atoms with Crippen LogP contribution in [0, 0.1) is 11.3 Å². The molecule has 0 bridgehead atoms. The number of aldehydes is 1. The van der Waals surface area contributed by atoms with Crippen molar-refractivity contribution < 1.29 is 9.18 Å². The Morgan fingerprint density at radius 1 is 1.88 bits per heavy atom. The summed E-state index contributed by atoms with van der Waals surface area (Å²) in [5.41, 5.74) is -0.134. The maximum absolute atomic E-state index is 13.5. The smallest absolute Gasteiger partial charge is 0.130 e. The first-order chi connectivity index (χ1) is 7.50. The molecule has 3 nitrogen and oxygen atoms in total. The highest BCUT2D eigenvalue weighted by atomic mass is 19.1. The molecule has 0 aromatic rings. The number of alkyl halides is 1. The lowest BCUT2D eigenvalue weighted by Crippen LogP contribution is -2.26. The predicted molar refractivity (Wildman–Crippen MR) is 63.1 cm³/mol. The SMILES string of the molecule is C=NCC(C=O)C(=N)C1=CCC(C)(F)CC1. The minimum Gasteiger partial charge on any atom is -0.304 e. The number of hydrogen-bond acceptors (Lipinski definition) is 3. The van der Waals surface area contributed by atoms with Gasteiger partial charge in [0.1, 0.15) is 12.0 Å². The van der Waals surface area contributed by atoms with Gasteiger partial charge in [-0.25, -0.2) is 4.39 Å². The Morgan fingerprint density at radius 3 is 3.00 bits per heavy atom. The summed E-state index contributed by atoms with van der Waals surface area (Å²) < 4.78 is 13.5.